The highest BCUT2D eigenvalue weighted by molar-refractivity contribution is 7.17. The fraction of sp³-hybridized carbons (Fsp3) is 0.200. The number of carboxylic acids is 1. The Kier molecular flexibility index (Phi) is 5.53. The van der Waals surface area contributed by atoms with Crippen molar-refractivity contribution in [2.24, 2.45) is 0 Å². The number of carboxylic acid groups (broad SMARTS) is 1. The lowest BCUT2D eigenvalue weighted by atomic mass is 10.2. The van der Waals surface area contributed by atoms with E-state index in [0.717, 1.165) is 16.9 Å². The Balaban J connectivity index is 1.62. The second kappa shape index (κ2) is 8.01. The van der Waals surface area contributed by atoms with Gasteiger partial charge in [-0.05, 0) is 37.6 Å². The van der Waals surface area contributed by atoms with Gasteiger partial charge in [0.1, 0.15) is 34.6 Å². The second-order valence-electron chi connectivity index (χ2n) is 5.73. The van der Waals surface area contributed by atoms with E-state index in [9.17, 15) is 4.79 Å². The largest absolute Gasteiger partial charge is 0.490 e. The number of thiazole rings is 1. The van der Waals surface area contributed by atoms with Gasteiger partial charge in [0.2, 0.25) is 0 Å². The molecule has 0 bridgehead atoms. The number of hydrogen-bond acceptors (Lipinski definition) is 5. The van der Waals surface area contributed by atoms with Crippen LogP contribution in [0.3, 0.4) is 0 Å². The smallest absolute Gasteiger partial charge is 0.347 e. The van der Waals surface area contributed by atoms with Crippen LogP contribution in [0.1, 0.15) is 20.9 Å². The lowest BCUT2D eigenvalue weighted by molar-refractivity contribution is 0.0701. The molecule has 0 aliphatic carbocycles. The molecule has 6 heteroatoms. The lowest BCUT2D eigenvalue weighted by Gasteiger charge is -2.10. The third kappa shape index (κ3) is 4.21. The summed E-state index contributed by atoms with van der Waals surface area (Å²) < 4.78 is 11.5. The number of nitrogens with zero attached hydrogens (tertiary/aromatic N) is 1. The summed E-state index contributed by atoms with van der Waals surface area (Å²) in [4.78, 5) is 15.8. The van der Waals surface area contributed by atoms with Crippen molar-refractivity contribution in [1.82, 2.24) is 4.98 Å². The molecule has 0 unspecified atom stereocenters. The van der Waals surface area contributed by atoms with E-state index in [-0.39, 0.29) is 4.88 Å². The molecule has 0 amide bonds. The molecular formula is C20H19NO4S. The van der Waals surface area contributed by atoms with E-state index in [2.05, 4.69) is 4.98 Å². The molecular weight excluding hydrogens is 350 g/mol. The Hall–Kier alpha value is -2.86. The fourth-order valence-electron chi connectivity index (χ4n) is 2.47. The topological polar surface area (TPSA) is 68.7 Å². The first-order chi connectivity index (χ1) is 12.5. The molecule has 1 N–H and O–H groups in total. The third-order valence-electron chi connectivity index (χ3n) is 3.78. The van der Waals surface area contributed by atoms with Gasteiger partial charge in [-0.15, -0.1) is 11.3 Å². The maximum atomic E-state index is 11.2. The SMILES string of the molecule is Cc1ccccc1OCCOc1cccc(-c2nc(C)c(C(=O)O)s2)c1. The number of aromatic nitrogens is 1. The van der Waals surface area contributed by atoms with Crippen molar-refractivity contribution in [3.63, 3.8) is 0 Å². The van der Waals surface area contributed by atoms with E-state index in [1.54, 1.807) is 6.92 Å². The first kappa shape index (κ1) is 17.9. The number of rotatable bonds is 7. The van der Waals surface area contributed by atoms with Crippen LogP contribution in [0.2, 0.25) is 0 Å². The number of aryl methyl sites for hydroxylation is 2. The molecule has 3 aromatic rings. The van der Waals surface area contributed by atoms with Gasteiger partial charge in [-0.1, -0.05) is 30.3 Å². The van der Waals surface area contributed by atoms with Gasteiger partial charge in [0, 0.05) is 5.56 Å². The van der Waals surface area contributed by atoms with Gasteiger partial charge in [-0.25, -0.2) is 9.78 Å². The highest BCUT2D eigenvalue weighted by Gasteiger charge is 2.15. The molecule has 0 fully saturated rings. The molecule has 0 saturated carbocycles. The van der Waals surface area contributed by atoms with Crippen molar-refractivity contribution in [2.75, 3.05) is 13.2 Å². The zero-order valence-electron chi connectivity index (χ0n) is 14.6. The third-order valence-corrected chi connectivity index (χ3v) is 4.97. The molecule has 0 aliphatic rings. The number of carbonyl (C=O) groups is 1. The summed E-state index contributed by atoms with van der Waals surface area (Å²) in [6, 6.07) is 15.3. The van der Waals surface area contributed by atoms with Crippen LogP contribution in [-0.4, -0.2) is 29.3 Å². The monoisotopic (exact) mass is 369 g/mol. The summed E-state index contributed by atoms with van der Waals surface area (Å²) in [5, 5.41) is 9.84. The van der Waals surface area contributed by atoms with Crippen molar-refractivity contribution in [3.8, 4) is 22.1 Å². The van der Waals surface area contributed by atoms with Gasteiger partial charge in [-0.3, -0.25) is 0 Å². The maximum absolute atomic E-state index is 11.2. The van der Waals surface area contributed by atoms with Crippen LogP contribution >= 0.6 is 11.3 Å². The van der Waals surface area contributed by atoms with E-state index in [1.165, 1.54) is 11.3 Å². The quantitative estimate of drug-likeness (QED) is 0.617. The second-order valence-corrected chi connectivity index (χ2v) is 6.73. The average Bonchev–Trinajstić information content (AvgIpc) is 3.02. The van der Waals surface area contributed by atoms with E-state index in [0.29, 0.717) is 29.7 Å². The standard InChI is InChI=1S/C20H19NO4S/c1-13-6-3-4-9-17(13)25-11-10-24-16-8-5-7-15(12-16)19-21-14(2)18(26-19)20(22)23/h3-9,12H,10-11H2,1-2H3,(H,22,23). The van der Waals surface area contributed by atoms with E-state index in [4.69, 9.17) is 14.6 Å². The first-order valence-corrected chi connectivity index (χ1v) is 8.98. The van der Waals surface area contributed by atoms with E-state index >= 15 is 0 Å². The van der Waals surface area contributed by atoms with Crippen LogP contribution in [0.25, 0.3) is 10.6 Å². The summed E-state index contributed by atoms with van der Waals surface area (Å²) in [5.41, 5.74) is 2.45. The van der Waals surface area contributed by atoms with Crippen molar-refractivity contribution in [1.29, 1.82) is 0 Å². The zero-order valence-corrected chi connectivity index (χ0v) is 15.4. The Morgan fingerprint density at radius 1 is 1.08 bits per heavy atom. The highest BCUT2D eigenvalue weighted by Crippen LogP contribution is 2.30. The molecule has 1 aromatic heterocycles. The van der Waals surface area contributed by atoms with Crippen molar-refractivity contribution >= 4 is 17.3 Å². The summed E-state index contributed by atoms with van der Waals surface area (Å²) in [6.07, 6.45) is 0. The van der Waals surface area contributed by atoms with Gasteiger partial charge in [0.05, 0.1) is 5.69 Å². The minimum absolute atomic E-state index is 0.262. The van der Waals surface area contributed by atoms with Crippen molar-refractivity contribution < 1.29 is 19.4 Å². The molecule has 26 heavy (non-hydrogen) atoms. The highest BCUT2D eigenvalue weighted by atomic mass is 32.1. The van der Waals surface area contributed by atoms with Gasteiger partial charge in [0.15, 0.2) is 0 Å². The Morgan fingerprint density at radius 2 is 1.85 bits per heavy atom. The fourth-order valence-corrected chi connectivity index (χ4v) is 3.37. The van der Waals surface area contributed by atoms with Crippen molar-refractivity contribution in [2.45, 2.75) is 13.8 Å². The molecule has 3 rings (SSSR count). The molecule has 0 atom stereocenters. The summed E-state index contributed by atoms with van der Waals surface area (Å²) in [6.45, 7) is 4.55. The minimum atomic E-state index is -0.952. The predicted octanol–water partition coefficient (Wildman–Crippen LogP) is 4.58. The Labute approximate surface area is 155 Å². The molecule has 134 valence electrons. The Bertz CT molecular complexity index is 920. The van der Waals surface area contributed by atoms with E-state index in [1.807, 2.05) is 55.5 Å². The number of para-hydroxylation sites is 1. The number of hydrogen-bond donors (Lipinski definition) is 1. The first-order valence-electron chi connectivity index (χ1n) is 8.17. The van der Waals surface area contributed by atoms with Gasteiger partial charge >= 0.3 is 5.97 Å². The normalized spacial score (nSPS) is 10.5. The van der Waals surface area contributed by atoms with Crippen LogP contribution in [0, 0.1) is 13.8 Å². The summed E-state index contributed by atoms with van der Waals surface area (Å²) in [5.74, 6) is 0.594. The molecule has 0 spiro atoms. The predicted molar refractivity (Wildman–Crippen MR) is 101 cm³/mol. The number of aromatic carboxylic acids is 1. The van der Waals surface area contributed by atoms with Gasteiger partial charge in [0.25, 0.3) is 0 Å². The Morgan fingerprint density at radius 3 is 2.58 bits per heavy atom. The average molecular weight is 369 g/mol. The van der Waals surface area contributed by atoms with Gasteiger partial charge < -0.3 is 14.6 Å². The van der Waals surface area contributed by atoms with Gasteiger partial charge in [-0.2, -0.15) is 0 Å². The van der Waals surface area contributed by atoms with Crippen LogP contribution in [0.4, 0.5) is 0 Å². The van der Waals surface area contributed by atoms with E-state index < -0.39 is 5.97 Å². The minimum Gasteiger partial charge on any atom is -0.490 e. The molecule has 1 heterocycles. The molecule has 2 aromatic carbocycles. The van der Waals surface area contributed by atoms with Crippen molar-refractivity contribution in [3.05, 3.63) is 64.7 Å². The molecule has 0 aliphatic heterocycles. The molecule has 0 radical (unpaired) electrons. The summed E-state index contributed by atoms with van der Waals surface area (Å²) >= 11 is 1.17. The summed E-state index contributed by atoms with van der Waals surface area (Å²) in [7, 11) is 0. The maximum Gasteiger partial charge on any atom is 0.347 e. The zero-order chi connectivity index (χ0) is 18.5. The lowest BCUT2D eigenvalue weighted by Crippen LogP contribution is -2.09. The molecule has 0 saturated heterocycles. The van der Waals surface area contributed by atoms with Crippen LogP contribution < -0.4 is 9.47 Å². The number of benzene rings is 2. The van der Waals surface area contributed by atoms with Crippen LogP contribution in [0.15, 0.2) is 48.5 Å². The molecule has 5 nitrogen and oxygen atoms in total. The van der Waals surface area contributed by atoms with Crippen LogP contribution in [0.5, 0.6) is 11.5 Å². The van der Waals surface area contributed by atoms with Crippen LogP contribution in [-0.2, 0) is 0 Å². The number of ether oxygens (including phenoxy) is 2.